The molecule has 1 aliphatic rings. The molecule has 4 rings (SSSR count). The minimum Gasteiger partial charge on any atom is -0.381 e. The monoisotopic (exact) mass is 365 g/mol. The van der Waals surface area contributed by atoms with Crippen molar-refractivity contribution in [3.05, 3.63) is 70.9 Å². The number of rotatable bonds is 4. The van der Waals surface area contributed by atoms with Gasteiger partial charge in [-0.3, -0.25) is 4.79 Å². The summed E-state index contributed by atoms with van der Waals surface area (Å²) in [6.07, 6.45) is 2.21. The number of carbonyl (C=O) groups is 1. The Hall–Kier alpha value is -2.59. The average molecular weight is 366 g/mol. The Labute approximate surface area is 157 Å². The summed E-state index contributed by atoms with van der Waals surface area (Å²) in [6.45, 7) is 2.31. The van der Waals surface area contributed by atoms with Gasteiger partial charge in [0, 0.05) is 41.8 Å². The Balaban J connectivity index is 1.45. The fraction of sp³-hybridized carbons (Fsp3) is 0.238. The van der Waals surface area contributed by atoms with Gasteiger partial charge in [0.1, 0.15) is 5.15 Å². The minimum absolute atomic E-state index is 0.121. The van der Waals surface area contributed by atoms with Gasteiger partial charge >= 0.3 is 0 Å². The third-order valence-corrected chi connectivity index (χ3v) is 5.09. The number of aromatic nitrogens is 1. The van der Waals surface area contributed by atoms with E-state index >= 15 is 0 Å². The molecular weight excluding hydrogens is 346 g/mol. The molecule has 0 aliphatic carbocycles. The molecule has 0 unspecified atom stereocenters. The number of benzene rings is 2. The number of halogens is 1. The molecular formula is C21H20ClN3O. The van der Waals surface area contributed by atoms with Crippen LogP contribution in [0.2, 0.25) is 5.15 Å². The second-order valence-electron chi connectivity index (χ2n) is 6.56. The number of amides is 1. The molecule has 5 heteroatoms. The summed E-state index contributed by atoms with van der Waals surface area (Å²) in [5.74, 6) is 0.121. The highest BCUT2D eigenvalue weighted by atomic mass is 35.5. The smallest absolute Gasteiger partial charge is 0.253 e. The van der Waals surface area contributed by atoms with Gasteiger partial charge in [0.05, 0.1) is 5.52 Å². The van der Waals surface area contributed by atoms with Crippen molar-refractivity contribution in [1.29, 1.82) is 0 Å². The standard InChI is InChI=1S/C21H20ClN3O/c22-20-17(13-16-5-1-2-6-19(16)24-20)14-23-18-9-7-15(8-10-18)21(26)25-11-3-4-12-25/h1-2,5-10,13,23H,3-4,11-12,14H2. The van der Waals surface area contributed by atoms with Crippen molar-refractivity contribution in [3.8, 4) is 0 Å². The maximum absolute atomic E-state index is 12.4. The van der Waals surface area contributed by atoms with Crippen LogP contribution >= 0.6 is 11.6 Å². The molecule has 2 heterocycles. The molecule has 1 aromatic heterocycles. The molecule has 1 fully saturated rings. The van der Waals surface area contributed by atoms with Gasteiger partial charge in [-0.2, -0.15) is 0 Å². The van der Waals surface area contributed by atoms with E-state index in [-0.39, 0.29) is 5.91 Å². The minimum atomic E-state index is 0.121. The normalized spacial score (nSPS) is 14.0. The van der Waals surface area contributed by atoms with E-state index in [1.54, 1.807) is 0 Å². The fourth-order valence-corrected chi connectivity index (χ4v) is 3.50. The second kappa shape index (κ2) is 7.34. The third kappa shape index (κ3) is 3.51. The van der Waals surface area contributed by atoms with E-state index in [1.807, 2.05) is 53.4 Å². The van der Waals surface area contributed by atoms with Crippen LogP contribution in [0.15, 0.2) is 54.6 Å². The van der Waals surface area contributed by atoms with Crippen LogP contribution in [-0.4, -0.2) is 28.9 Å². The number of hydrogen-bond acceptors (Lipinski definition) is 3. The zero-order chi connectivity index (χ0) is 17.9. The van der Waals surface area contributed by atoms with Gasteiger partial charge in [-0.05, 0) is 49.2 Å². The van der Waals surface area contributed by atoms with Crippen LogP contribution in [0.25, 0.3) is 10.9 Å². The topological polar surface area (TPSA) is 45.2 Å². The molecule has 0 radical (unpaired) electrons. The molecule has 132 valence electrons. The number of hydrogen-bond donors (Lipinski definition) is 1. The van der Waals surface area contributed by atoms with E-state index in [0.29, 0.717) is 11.7 Å². The molecule has 1 aliphatic heterocycles. The summed E-state index contributed by atoms with van der Waals surface area (Å²) in [6, 6.07) is 17.6. The van der Waals surface area contributed by atoms with Crippen molar-refractivity contribution in [2.24, 2.45) is 0 Å². The van der Waals surface area contributed by atoms with Crippen LogP contribution in [0.5, 0.6) is 0 Å². The van der Waals surface area contributed by atoms with E-state index in [4.69, 9.17) is 11.6 Å². The molecule has 1 amide bonds. The average Bonchev–Trinajstić information content (AvgIpc) is 3.21. The SMILES string of the molecule is O=C(c1ccc(NCc2cc3ccccc3nc2Cl)cc1)N1CCCC1. The van der Waals surface area contributed by atoms with Gasteiger partial charge < -0.3 is 10.2 Å². The molecule has 0 atom stereocenters. The molecule has 0 saturated carbocycles. The number of carbonyl (C=O) groups excluding carboxylic acids is 1. The quantitative estimate of drug-likeness (QED) is 0.679. The maximum atomic E-state index is 12.4. The first-order valence-corrected chi connectivity index (χ1v) is 9.26. The van der Waals surface area contributed by atoms with Gasteiger partial charge in [-0.15, -0.1) is 0 Å². The van der Waals surface area contributed by atoms with Crippen LogP contribution < -0.4 is 5.32 Å². The Kier molecular flexibility index (Phi) is 4.76. The number of anilines is 1. The molecule has 4 nitrogen and oxygen atoms in total. The largest absolute Gasteiger partial charge is 0.381 e. The van der Waals surface area contributed by atoms with Crippen LogP contribution in [-0.2, 0) is 6.54 Å². The van der Waals surface area contributed by atoms with E-state index in [2.05, 4.69) is 16.4 Å². The van der Waals surface area contributed by atoms with Crippen molar-refractivity contribution in [1.82, 2.24) is 9.88 Å². The first-order valence-electron chi connectivity index (χ1n) is 8.88. The zero-order valence-electron chi connectivity index (χ0n) is 14.4. The van der Waals surface area contributed by atoms with Crippen molar-refractivity contribution in [2.45, 2.75) is 19.4 Å². The van der Waals surface area contributed by atoms with E-state index < -0.39 is 0 Å². The predicted molar refractivity (Wildman–Crippen MR) is 106 cm³/mol. The fourth-order valence-electron chi connectivity index (χ4n) is 3.29. The van der Waals surface area contributed by atoms with Gasteiger partial charge in [-0.25, -0.2) is 4.98 Å². The Morgan fingerprint density at radius 3 is 2.58 bits per heavy atom. The first kappa shape index (κ1) is 16.9. The van der Waals surface area contributed by atoms with Crippen LogP contribution in [0.1, 0.15) is 28.8 Å². The van der Waals surface area contributed by atoms with Gasteiger partial charge in [0.2, 0.25) is 0 Å². The summed E-state index contributed by atoms with van der Waals surface area (Å²) < 4.78 is 0. The molecule has 2 aromatic carbocycles. The lowest BCUT2D eigenvalue weighted by atomic mass is 10.1. The summed E-state index contributed by atoms with van der Waals surface area (Å²) >= 11 is 6.31. The first-order chi connectivity index (χ1) is 12.7. The molecule has 1 N–H and O–H groups in total. The summed E-state index contributed by atoms with van der Waals surface area (Å²) in [5, 5.41) is 4.93. The highest BCUT2D eigenvalue weighted by molar-refractivity contribution is 6.30. The predicted octanol–water partition coefficient (Wildman–Crippen LogP) is 4.74. The van der Waals surface area contributed by atoms with Crippen molar-refractivity contribution < 1.29 is 4.79 Å². The number of nitrogens with zero attached hydrogens (tertiary/aromatic N) is 2. The highest BCUT2D eigenvalue weighted by Crippen LogP contribution is 2.22. The summed E-state index contributed by atoms with van der Waals surface area (Å²) in [4.78, 5) is 18.8. The van der Waals surface area contributed by atoms with Crippen LogP contribution in [0.4, 0.5) is 5.69 Å². The van der Waals surface area contributed by atoms with Gasteiger partial charge in [0.15, 0.2) is 0 Å². The van der Waals surface area contributed by atoms with Gasteiger partial charge in [-0.1, -0.05) is 29.8 Å². The van der Waals surface area contributed by atoms with E-state index in [9.17, 15) is 4.79 Å². The van der Waals surface area contributed by atoms with Crippen LogP contribution in [0, 0.1) is 0 Å². The van der Waals surface area contributed by atoms with E-state index in [0.717, 1.165) is 53.6 Å². The second-order valence-corrected chi connectivity index (χ2v) is 6.92. The van der Waals surface area contributed by atoms with Crippen molar-refractivity contribution in [2.75, 3.05) is 18.4 Å². The van der Waals surface area contributed by atoms with Crippen molar-refractivity contribution in [3.63, 3.8) is 0 Å². The molecule has 0 bridgehead atoms. The molecule has 3 aromatic rings. The zero-order valence-corrected chi connectivity index (χ0v) is 15.2. The lowest BCUT2D eigenvalue weighted by molar-refractivity contribution is 0.0793. The Bertz CT molecular complexity index is 934. The molecule has 0 spiro atoms. The Morgan fingerprint density at radius 1 is 1.08 bits per heavy atom. The molecule has 26 heavy (non-hydrogen) atoms. The van der Waals surface area contributed by atoms with Crippen LogP contribution in [0.3, 0.4) is 0 Å². The van der Waals surface area contributed by atoms with Crippen molar-refractivity contribution >= 4 is 34.1 Å². The number of likely N-dealkylation sites (tertiary alicyclic amines) is 1. The summed E-state index contributed by atoms with van der Waals surface area (Å²) in [7, 11) is 0. The third-order valence-electron chi connectivity index (χ3n) is 4.76. The van der Waals surface area contributed by atoms with E-state index in [1.165, 1.54) is 0 Å². The lowest BCUT2D eigenvalue weighted by Gasteiger charge is -2.15. The molecule has 1 saturated heterocycles. The highest BCUT2D eigenvalue weighted by Gasteiger charge is 2.19. The number of fused-ring (bicyclic) bond motifs is 1. The number of nitrogens with one attached hydrogen (secondary N) is 1. The number of para-hydroxylation sites is 1. The number of pyridine rings is 1. The Morgan fingerprint density at radius 2 is 1.81 bits per heavy atom. The maximum Gasteiger partial charge on any atom is 0.253 e. The summed E-state index contributed by atoms with van der Waals surface area (Å²) in [5.41, 5.74) is 3.53. The lowest BCUT2D eigenvalue weighted by Crippen LogP contribution is -2.27. The van der Waals surface area contributed by atoms with Gasteiger partial charge in [0.25, 0.3) is 5.91 Å².